The van der Waals surface area contributed by atoms with Crippen LogP contribution in [0.5, 0.6) is 0 Å². The van der Waals surface area contributed by atoms with Crippen molar-refractivity contribution in [1.29, 1.82) is 0 Å². The number of rotatable bonds is 5. The largest absolute Gasteiger partial charge is 0.451 e. The quantitative estimate of drug-likeness (QED) is 0.473. The van der Waals surface area contributed by atoms with Crippen molar-refractivity contribution < 1.29 is 23.5 Å². The van der Waals surface area contributed by atoms with Crippen molar-refractivity contribution in [3.8, 4) is 11.5 Å². The van der Waals surface area contributed by atoms with Crippen molar-refractivity contribution in [2.75, 3.05) is 6.54 Å². The van der Waals surface area contributed by atoms with Gasteiger partial charge in [0.05, 0.1) is 0 Å². The number of carbonyl (C=O) groups is 3. The smallest absolute Gasteiger partial charge is 0.327 e. The van der Waals surface area contributed by atoms with Crippen LogP contribution in [-0.2, 0) is 26.3 Å². The van der Waals surface area contributed by atoms with Crippen LogP contribution in [0, 0.1) is 0 Å². The molecule has 3 aromatic rings. The molecule has 3 amide bonds. The van der Waals surface area contributed by atoms with Gasteiger partial charge in [-0.2, -0.15) is 0 Å². The molecule has 2 aliphatic rings. The number of nitrogens with one attached hydrogen (secondary N) is 1. The van der Waals surface area contributed by atoms with E-state index in [1.165, 1.54) is 0 Å². The minimum absolute atomic E-state index is 0.122. The van der Waals surface area contributed by atoms with Crippen LogP contribution in [0.3, 0.4) is 0 Å². The number of nitrogens with zero attached hydrogens (tertiary/aromatic N) is 3. The Labute approximate surface area is 189 Å². The van der Waals surface area contributed by atoms with Gasteiger partial charge in [0.25, 0.3) is 11.8 Å². The van der Waals surface area contributed by atoms with Crippen LogP contribution in [0.15, 0.2) is 59.0 Å². The van der Waals surface area contributed by atoms with Crippen LogP contribution in [0.25, 0.3) is 11.5 Å². The van der Waals surface area contributed by atoms with E-state index in [1.807, 2.05) is 54.6 Å². The summed E-state index contributed by atoms with van der Waals surface area (Å²) in [7, 11) is 0. The highest BCUT2D eigenvalue weighted by Crippen LogP contribution is 2.39. The standard InChI is InChI=1S/C24H22N4O5/c1-15(20-26-27-21(33-20)17-9-3-2-4-10-17)32-19(29)14-28-22(30)24(25-23(28)31)13-7-11-16-8-5-6-12-18(16)24/h2-6,8-10,12,15H,7,11,13-14H2,1H3,(H,25,31)/t15-,24-/m1/s1. The summed E-state index contributed by atoms with van der Waals surface area (Å²) < 4.78 is 11.0. The van der Waals surface area contributed by atoms with Crippen LogP contribution < -0.4 is 5.32 Å². The Morgan fingerprint density at radius 2 is 1.91 bits per heavy atom. The topological polar surface area (TPSA) is 115 Å². The number of esters is 1. The molecule has 5 rings (SSSR count). The highest BCUT2D eigenvalue weighted by molar-refractivity contribution is 6.09. The first-order valence-corrected chi connectivity index (χ1v) is 10.8. The van der Waals surface area contributed by atoms with E-state index in [9.17, 15) is 14.4 Å². The zero-order valence-corrected chi connectivity index (χ0v) is 18.0. The van der Waals surface area contributed by atoms with Crippen molar-refractivity contribution in [2.24, 2.45) is 0 Å². The third kappa shape index (κ3) is 3.65. The number of hydrogen-bond donors (Lipinski definition) is 1. The highest BCUT2D eigenvalue weighted by atomic mass is 16.6. The average Bonchev–Trinajstić information content (AvgIpc) is 3.41. The Balaban J connectivity index is 1.28. The van der Waals surface area contributed by atoms with Gasteiger partial charge in [0, 0.05) is 5.56 Å². The summed E-state index contributed by atoms with van der Waals surface area (Å²) in [6, 6.07) is 16.2. The first-order chi connectivity index (χ1) is 16.0. The van der Waals surface area contributed by atoms with E-state index < -0.39 is 36.1 Å². The van der Waals surface area contributed by atoms with Crippen LogP contribution in [0.2, 0.25) is 0 Å². The summed E-state index contributed by atoms with van der Waals surface area (Å²) in [6.45, 7) is 1.09. The maximum Gasteiger partial charge on any atom is 0.327 e. The fourth-order valence-corrected chi connectivity index (χ4v) is 4.47. The number of aryl methyl sites for hydroxylation is 1. The second-order valence-electron chi connectivity index (χ2n) is 8.18. The van der Waals surface area contributed by atoms with Crippen molar-refractivity contribution >= 4 is 17.9 Å². The van der Waals surface area contributed by atoms with Gasteiger partial charge in [0.2, 0.25) is 5.89 Å². The number of ether oxygens (including phenoxy) is 1. The van der Waals surface area contributed by atoms with E-state index in [0.29, 0.717) is 12.3 Å². The number of aromatic nitrogens is 2. The molecule has 9 nitrogen and oxygen atoms in total. The molecule has 1 aliphatic heterocycles. The van der Waals surface area contributed by atoms with E-state index in [4.69, 9.17) is 9.15 Å². The number of hydrogen-bond acceptors (Lipinski definition) is 7. The Bertz CT molecular complexity index is 1220. The monoisotopic (exact) mass is 446 g/mol. The van der Waals surface area contributed by atoms with E-state index in [-0.39, 0.29) is 5.89 Å². The van der Waals surface area contributed by atoms with Crippen LogP contribution in [0.4, 0.5) is 4.79 Å². The Morgan fingerprint density at radius 1 is 1.15 bits per heavy atom. The summed E-state index contributed by atoms with van der Waals surface area (Å²) in [5.74, 6) is -0.752. The van der Waals surface area contributed by atoms with Gasteiger partial charge in [-0.3, -0.25) is 14.5 Å². The molecule has 1 N–H and O–H groups in total. The molecule has 1 spiro atoms. The molecule has 2 aromatic carbocycles. The third-order valence-electron chi connectivity index (χ3n) is 6.06. The lowest BCUT2D eigenvalue weighted by Crippen LogP contribution is -2.46. The van der Waals surface area contributed by atoms with Gasteiger partial charge in [0.1, 0.15) is 12.1 Å². The van der Waals surface area contributed by atoms with Crippen molar-refractivity contribution in [1.82, 2.24) is 20.4 Å². The highest BCUT2D eigenvalue weighted by Gasteiger charge is 2.54. The number of carbonyl (C=O) groups excluding carboxylic acids is 3. The first-order valence-electron chi connectivity index (χ1n) is 10.8. The predicted octanol–water partition coefficient (Wildman–Crippen LogP) is 3.12. The lowest BCUT2D eigenvalue weighted by atomic mass is 9.76. The van der Waals surface area contributed by atoms with Crippen LogP contribution >= 0.6 is 0 Å². The van der Waals surface area contributed by atoms with E-state index >= 15 is 0 Å². The van der Waals surface area contributed by atoms with Crippen molar-refractivity contribution in [2.45, 2.75) is 37.8 Å². The number of benzene rings is 2. The molecule has 1 aromatic heterocycles. The maximum atomic E-state index is 13.3. The Kier molecular flexibility index (Phi) is 5.16. The minimum Gasteiger partial charge on any atom is -0.451 e. The molecule has 0 saturated carbocycles. The molecular formula is C24H22N4O5. The lowest BCUT2D eigenvalue weighted by Gasteiger charge is -2.33. The number of amides is 3. The molecule has 9 heteroatoms. The zero-order chi connectivity index (χ0) is 23.0. The summed E-state index contributed by atoms with van der Waals surface area (Å²) in [5.41, 5.74) is 1.43. The molecule has 2 heterocycles. The van der Waals surface area contributed by atoms with E-state index in [0.717, 1.165) is 34.4 Å². The second-order valence-corrected chi connectivity index (χ2v) is 8.18. The summed E-state index contributed by atoms with van der Waals surface area (Å²) in [4.78, 5) is 39.5. The van der Waals surface area contributed by atoms with Gasteiger partial charge in [-0.25, -0.2) is 4.79 Å². The average molecular weight is 446 g/mol. The third-order valence-corrected chi connectivity index (χ3v) is 6.06. The lowest BCUT2D eigenvalue weighted by molar-refractivity contribution is -0.153. The van der Waals surface area contributed by atoms with Crippen molar-refractivity contribution in [3.63, 3.8) is 0 Å². The summed E-state index contributed by atoms with van der Waals surface area (Å²) in [6.07, 6.45) is 1.25. The number of fused-ring (bicyclic) bond motifs is 2. The summed E-state index contributed by atoms with van der Waals surface area (Å²) >= 11 is 0. The molecule has 1 aliphatic carbocycles. The summed E-state index contributed by atoms with van der Waals surface area (Å²) in [5, 5.41) is 10.8. The normalized spacial score (nSPS) is 20.5. The maximum absolute atomic E-state index is 13.3. The molecule has 2 atom stereocenters. The molecule has 168 valence electrons. The van der Waals surface area contributed by atoms with Crippen LogP contribution in [0.1, 0.15) is 42.9 Å². The predicted molar refractivity (Wildman–Crippen MR) is 116 cm³/mol. The molecule has 0 unspecified atom stereocenters. The molecule has 0 bridgehead atoms. The fourth-order valence-electron chi connectivity index (χ4n) is 4.47. The van der Waals surface area contributed by atoms with Gasteiger partial charge in [0.15, 0.2) is 6.10 Å². The van der Waals surface area contributed by atoms with Gasteiger partial charge in [-0.15, -0.1) is 10.2 Å². The first kappa shape index (κ1) is 20.9. The SMILES string of the molecule is C[C@@H](OC(=O)CN1C(=O)N[C@@]2(CCCc3ccccc32)C1=O)c1nnc(-c2ccccc2)o1. The van der Waals surface area contributed by atoms with Crippen LogP contribution in [-0.4, -0.2) is 39.5 Å². The van der Waals surface area contributed by atoms with E-state index in [1.54, 1.807) is 6.92 Å². The molecule has 1 fully saturated rings. The molecule has 1 saturated heterocycles. The van der Waals surface area contributed by atoms with E-state index in [2.05, 4.69) is 15.5 Å². The van der Waals surface area contributed by atoms with Crippen molar-refractivity contribution in [3.05, 3.63) is 71.6 Å². The number of urea groups is 1. The molecule has 33 heavy (non-hydrogen) atoms. The fraction of sp³-hybridized carbons (Fsp3) is 0.292. The van der Waals surface area contributed by atoms with Gasteiger partial charge in [-0.05, 0) is 49.4 Å². The van der Waals surface area contributed by atoms with Gasteiger partial charge < -0.3 is 14.5 Å². The van der Waals surface area contributed by atoms with Gasteiger partial charge in [-0.1, -0.05) is 42.5 Å². The zero-order valence-electron chi connectivity index (χ0n) is 18.0. The Morgan fingerprint density at radius 3 is 2.73 bits per heavy atom. The Hall–Kier alpha value is -4.01. The number of imide groups is 1. The molecular weight excluding hydrogens is 424 g/mol. The molecule has 0 radical (unpaired) electrons. The van der Waals surface area contributed by atoms with Gasteiger partial charge >= 0.3 is 12.0 Å². The minimum atomic E-state index is -1.13. The second kappa shape index (κ2) is 8.16.